The molecular formula is C17H21ClN4OS. The predicted molar refractivity (Wildman–Crippen MR) is 99.5 cm³/mol. The predicted octanol–water partition coefficient (Wildman–Crippen LogP) is 4.65. The van der Waals surface area contributed by atoms with Crippen molar-refractivity contribution in [2.24, 2.45) is 4.99 Å². The summed E-state index contributed by atoms with van der Waals surface area (Å²) in [5.74, 6) is 2.16. The van der Waals surface area contributed by atoms with Gasteiger partial charge in [-0.3, -0.25) is 4.99 Å². The van der Waals surface area contributed by atoms with Crippen molar-refractivity contribution in [3.8, 4) is 11.4 Å². The zero-order chi connectivity index (χ0) is 17.1. The summed E-state index contributed by atoms with van der Waals surface area (Å²) in [6.07, 6.45) is 2.37. The van der Waals surface area contributed by atoms with Crippen LogP contribution in [-0.4, -0.2) is 39.1 Å². The number of amidine groups is 1. The summed E-state index contributed by atoms with van der Waals surface area (Å²) in [6.45, 7) is 4.23. The molecule has 1 aliphatic rings. The quantitative estimate of drug-likeness (QED) is 0.570. The minimum Gasteiger partial charge on any atom is -0.337 e. The van der Waals surface area contributed by atoms with E-state index in [1.54, 1.807) is 11.8 Å². The molecule has 1 aromatic carbocycles. The van der Waals surface area contributed by atoms with Gasteiger partial charge in [-0.05, 0) is 37.7 Å². The average Bonchev–Trinajstić information content (AvgIpc) is 3.28. The highest BCUT2D eigenvalue weighted by Crippen LogP contribution is 2.36. The number of rotatable bonds is 5. The van der Waals surface area contributed by atoms with Crippen LogP contribution < -0.4 is 0 Å². The molecule has 7 heteroatoms. The van der Waals surface area contributed by atoms with E-state index >= 15 is 0 Å². The van der Waals surface area contributed by atoms with Crippen LogP contribution >= 0.6 is 23.4 Å². The van der Waals surface area contributed by atoms with Gasteiger partial charge in [0.2, 0.25) is 11.7 Å². The lowest BCUT2D eigenvalue weighted by molar-refractivity contribution is 0.254. The van der Waals surface area contributed by atoms with E-state index in [0.717, 1.165) is 16.5 Å². The molecule has 0 N–H and O–H groups in total. The molecular weight excluding hydrogens is 344 g/mol. The monoisotopic (exact) mass is 364 g/mol. The van der Waals surface area contributed by atoms with E-state index in [1.807, 2.05) is 31.3 Å². The fraction of sp³-hybridized carbons (Fsp3) is 0.471. The zero-order valence-electron chi connectivity index (χ0n) is 14.1. The fourth-order valence-electron chi connectivity index (χ4n) is 2.64. The molecule has 1 unspecified atom stereocenters. The Hall–Kier alpha value is -1.53. The molecule has 0 radical (unpaired) electrons. The molecule has 3 rings (SSSR count). The van der Waals surface area contributed by atoms with Crippen LogP contribution in [0.5, 0.6) is 0 Å². The molecule has 0 spiro atoms. The van der Waals surface area contributed by atoms with Crippen LogP contribution in [0.25, 0.3) is 11.4 Å². The second kappa shape index (κ2) is 7.57. The Morgan fingerprint density at radius 1 is 1.50 bits per heavy atom. The first-order chi connectivity index (χ1) is 11.6. The molecule has 1 aliphatic carbocycles. The van der Waals surface area contributed by atoms with Gasteiger partial charge in [-0.15, -0.1) is 0 Å². The van der Waals surface area contributed by atoms with Crippen molar-refractivity contribution in [1.29, 1.82) is 0 Å². The van der Waals surface area contributed by atoms with Crippen LogP contribution in [0.3, 0.4) is 0 Å². The number of thioether (sulfide) groups is 1. The summed E-state index contributed by atoms with van der Waals surface area (Å²) in [5.41, 5.74) is 0.856. The third-order valence-electron chi connectivity index (χ3n) is 3.93. The molecule has 2 aromatic rings. The van der Waals surface area contributed by atoms with Gasteiger partial charge in [0.15, 0.2) is 5.17 Å². The maximum atomic E-state index is 6.05. The minimum absolute atomic E-state index is 0.00400. The first-order valence-corrected chi connectivity index (χ1v) is 9.47. The van der Waals surface area contributed by atoms with Crippen LogP contribution in [0, 0.1) is 0 Å². The lowest BCUT2D eigenvalue weighted by Gasteiger charge is -2.29. The van der Waals surface area contributed by atoms with Crippen molar-refractivity contribution in [2.45, 2.75) is 38.8 Å². The summed E-state index contributed by atoms with van der Waals surface area (Å²) in [4.78, 5) is 11.4. The van der Waals surface area contributed by atoms with E-state index in [4.69, 9.17) is 16.1 Å². The molecule has 0 saturated heterocycles. The number of benzene rings is 1. The Balaban J connectivity index is 1.85. The Kier molecular flexibility index (Phi) is 5.46. The van der Waals surface area contributed by atoms with Crippen molar-refractivity contribution in [2.75, 3.05) is 12.8 Å². The molecule has 5 nitrogen and oxygen atoms in total. The summed E-state index contributed by atoms with van der Waals surface area (Å²) < 4.78 is 5.54. The van der Waals surface area contributed by atoms with Crippen LogP contribution in [0.15, 0.2) is 33.8 Å². The standard InChI is InChI=1S/C17H21ClN4OS/c1-4-24-17(19-3)22(14-8-9-14)11(2)16-20-15(21-23-16)12-6-5-7-13(18)10-12/h5-7,10-11,14H,4,8-9H2,1-3H3/b19-17-. The van der Waals surface area contributed by atoms with Gasteiger partial charge in [-0.2, -0.15) is 4.98 Å². The average molecular weight is 365 g/mol. The molecule has 1 aromatic heterocycles. The second-order valence-corrected chi connectivity index (χ2v) is 7.39. The maximum Gasteiger partial charge on any atom is 0.249 e. The molecule has 0 amide bonds. The molecule has 1 atom stereocenters. The van der Waals surface area contributed by atoms with Crippen molar-refractivity contribution in [1.82, 2.24) is 15.0 Å². The molecule has 1 fully saturated rings. The van der Waals surface area contributed by atoms with Crippen LogP contribution in [-0.2, 0) is 0 Å². The van der Waals surface area contributed by atoms with E-state index in [2.05, 4.69) is 33.9 Å². The highest BCUT2D eigenvalue weighted by atomic mass is 35.5. The van der Waals surface area contributed by atoms with Gasteiger partial charge in [0, 0.05) is 23.7 Å². The summed E-state index contributed by atoms with van der Waals surface area (Å²) >= 11 is 7.80. The third-order valence-corrected chi connectivity index (χ3v) is 5.10. The molecule has 24 heavy (non-hydrogen) atoms. The van der Waals surface area contributed by atoms with E-state index in [0.29, 0.717) is 22.8 Å². The largest absolute Gasteiger partial charge is 0.337 e. The summed E-state index contributed by atoms with van der Waals surface area (Å²) in [5, 5.41) is 5.82. The van der Waals surface area contributed by atoms with Crippen LogP contribution in [0.4, 0.5) is 0 Å². The molecule has 0 aliphatic heterocycles. The lowest BCUT2D eigenvalue weighted by Crippen LogP contribution is -2.34. The zero-order valence-corrected chi connectivity index (χ0v) is 15.6. The fourth-order valence-corrected chi connectivity index (χ4v) is 3.68. The van der Waals surface area contributed by atoms with Gasteiger partial charge in [0.1, 0.15) is 6.04 Å². The summed E-state index contributed by atoms with van der Waals surface area (Å²) in [6, 6.07) is 7.99. The number of halogens is 1. The van der Waals surface area contributed by atoms with Gasteiger partial charge in [-0.25, -0.2) is 0 Å². The molecule has 1 heterocycles. The highest BCUT2D eigenvalue weighted by Gasteiger charge is 2.37. The molecule has 128 valence electrons. The number of nitrogens with zero attached hydrogens (tertiary/aromatic N) is 4. The number of hydrogen-bond donors (Lipinski definition) is 0. The van der Waals surface area contributed by atoms with E-state index in [9.17, 15) is 0 Å². The number of aromatic nitrogens is 2. The van der Waals surface area contributed by atoms with Crippen LogP contribution in [0.2, 0.25) is 5.02 Å². The SMILES string of the molecule is CCS/C(=N\C)N(C1CC1)C(C)c1nc(-c2cccc(Cl)c2)no1. The first-order valence-electron chi connectivity index (χ1n) is 8.11. The van der Waals surface area contributed by atoms with Crippen LogP contribution in [0.1, 0.15) is 38.6 Å². The number of hydrogen-bond acceptors (Lipinski definition) is 5. The van der Waals surface area contributed by atoms with E-state index in [-0.39, 0.29) is 6.04 Å². The van der Waals surface area contributed by atoms with Crippen molar-refractivity contribution in [3.05, 3.63) is 35.2 Å². The van der Waals surface area contributed by atoms with Gasteiger partial charge >= 0.3 is 0 Å². The first kappa shape index (κ1) is 17.3. The molecule has 1 saturated carbocycles. The van der Waals surface area contributed by atoms with E-state index < -0.39 is 0 Å². The Morgan fingerprint density at radius 2 is 2.29 bits per heavy atom. The van der Waals surface area contributed by atoms with Gasteiger partial charge in [-0.1, -0.05) is 47.6 Å². The Labute approximate surface area is 151 Å². The lowest BCUT2D eigenvalue weighted by atomic mass is 10.2. The Bertz CT molecular complexity index is 729. The van der Waals surface area contributed by atoms with Gasteiger partial charge < -0.3 is 9.42 Å². The normalized spacial score (nSPS) is 16.2. The van der Waals surface area contributed by atoms with Crippen molar-refractivity contribution < 1.29 is 4.52 Å². The smallest absolute Gasteiger partial charge is 0.249 e. The van der Waals surface area contributed by atoms with Crippen molar-refractivity contribution in [3.63, 3.8) is 0 Å². The highest BCUT2D eigenvalue weighted by molar-refractivity contribution is 8.13. The van der Waals surface area contributed by atoms with Gasteiger partial charge in [0.25, 0.3) is 0 Å². The number of aliphatic imine (C=N–C) groups is 1. The maximum absolute atomic E-state index is 6.05. The minimum atomic E-state index is -0.00400. The topological polar surface area (TPSA) is 54.5 Å². The molecule has 0 bridgehead atoms. The third kappa shape index (κ3) is 3.75. The van der Waals surface area contributed by atoms with Crippen molar-refractivity contribution >= 4 is 28.5 Å². The second-order valence-electron chi connectivity index (χ2n) is 5.72. The Morgan fingerprint density at radius 3 is 2.92 bits per heavy atom. The summed E-state index contributed by atoms with van der Waals surface area (Å²) in [7, 11) is 1.84. The van der Waals surface area contributed by atoms with Gasteiger partial charge in [0.05, 0.1) is 0 Å². The van der Waals surface area contributed by atoms with E-state index in [1.165, 1.54) is 12.8 Å².